The van der Waals surface area contributed by atoms with Gasteiger partial charge in [-0.2, -0.15) is 5.10 Å². The molecule has 26 heavy (non-hydrogen) atoms. The van der Waals surface area contributed by atoms with Crippen LogP contribution < -0.4 is 17.1 Å². The first-order valence-electron chi connectivity index (χ1n) is 8.62. The average Bonchev–Trinajstić information content (AvgIpc) is 2.61. The van der Waals surface area contributed by atoms with Crippen molar-refractivity contribution in [3.63, 3.8) is 0 Å². The van der Waals surface area contributed by atoms with E-state index in [-0.39, 0.29) is 50.4 Å². The van der Waals surface area contributed by atoms with E-state index in [1.807, 2.05) is 0 Å². The van der Waals surface area contributed by atoms with Crippen molar-refractivity contribution in [1.29, 1.82) is 0 Å². The zero-order chi connectivity index (χ0) is 19.3. The minimum atomic E-state index is -1.42. The summed E-state index contributed by atoms with van der Waals surface area (Å²) in [7, 11) is 2.26. The van der Waals surface area contributed by atoms with Gasteiger partial charge in [-0.25, -0.2) is 19.8 Å². The quantitative estimate of drug-likeness (QED) is 0.178. The predicted octanol–water partition coefficient (Wildman–Crippen LogP) is 0.755. The van der Waals surface area contributed by atoms with Crippen molar-refractivity contribution in [2.75, 3.05) is 12.9 Å². The van der Waals surface area contributed by atoms with E-state index < -0.39 is 23.8 Å². The van der Waals surface area contributed by atoms with Crippen LogP contribution in [0.15, 0.2) is 5.10 Å². The Kier molecular flexibility index (Phi) is 7.00. The van der Waals surface area contributed by atoms with Crippen LogP contribution in [0.5, 0.6) is 0 Å². The van der Waals surface area contributed by atoms with Gasteiger partial charge in [-0.05, 0) is 43.9 Å². The summed E-state index contributed by atoms with van der Waals surface area (Å²) in [5.41, 5.74) is 0.921. The number of halogens is 1. The van der Waals surface area contributed by atoms with Gasteiger partial charge in [0.2, 0.25) is 0 Å². The molecule has 2 aliphatic rings. The molecular formula is C15H27FN5O4P. The smallest absolute Gasteiger partial charge is 0.410 e. The van der Waals surface area contributed by atoms with Crippen LogP contribution in [0.3, 0.4) is 0 Å². The van der Waals surface area contributed by atoms with Crippen molar-refractivity contribution in [2.45, 2.75) is 50.2 Å². The van der Waals surface area contributed by atoms with Crippen molar-refractivity contribution in [3.8, 4) is 0 Å². The number of carbonyl (C=O) groups is 2. The number of alkyl halides is 1. The number of carboxylic acids is 1. The summed E-state index contributed by atoms with van der Waals surface area (Å²) in [5.74, 6) is 9.64. The number of ether oxygens (including phenoxy) is 1. The van der Waals surface area contributed by atoms with Crippen LogP contribution in [0.4, 0.5) is 9.18 Å². The molecule has 1 saturated carbocycles. The molecule has 9 nitrogen and oxygen atoms in total. The van der Waals surface area contributed by atoms with Crippen molar-refractivity contribution in [2.24, 2.45) is 28.6 Å². The Balaban J connectivity index is 2.05. The molecule has 2 fully saturated rings. The molecule has 1 aliphatic carbocycles. The number of amides is 1. The van der Waals surface area contributed by atoms with E-state index in [0.29, 0.717) is 18.7 Å². The van der Waals surface area contributed by atoms with E-state index in [1.54, 1.807) is 0 Å². The molecule has 148 valence electrons. The second kappa shape index (κ2) is 8.81. The number of hydrazine groups is 1. The largest absolute Gasteiger partial charge is 0.480 e. The third kappa shape index (κ3) is 4.73. The highest BCUT2D eigenvalue weighted by Gasteiger charge is 2.48. The van der Waals surface area contributed by atoms with Gasteiger partial charge in [0.15, 0.2) is 0 Å². The first-order chi connectivity index (χ1) is 12.3. The Labute approximate surface area is 153 Å². The number of nitrogens with zero attached hydrogens (tertiary/aromatic N) is 2. The number of hydrazone groups is 1. The van der Waals surface area contributed by atoms with Crippen LogP contribution in [0.1, 0.15) is 38.5 Å². The van der Waals surface area contributed by atoms with E-state index in [1.165, 1.54) is 4.90 Å². The maximum atomic E-state index is 15.3. The van der Waals surface area contributed by atoms with Crippen LogP contribution in [0.25, 0.3) is 0 Å². The Morgan fingerprint density at radius 1 is 1.46 bits per heavy atom. The summed E-state index contributed by atoms with van der Waals surface area (Å²) in [4.78, 5) is 24.9. The number of fused-ring (bicyclic) bond motifs is 1. The molecule has 1 heterocycles. The standard InChI is InChI=1S/C15H27FN5O4P/c16-15(4-2-12(19-17)20-18)3-1-9-7-21(14(24)25-8-26)11(13(22)23)5-10(9)6-15/h9-11H,1-8,17-18,26H2,(H,19,20)(H,22,23). The Bertz CT molecular complexity index is 566. The number of nitrogens with two attached hydrogens (primary N) is 2. The molecule has 2 rings (SSSR count). The molecule has 5 atom stereocenters. The average molecular weight is 391 g/mol. The van der Waals surface area contributed by atoms with Gasteiger partial charge in [-0.3, -0.25) is 4.90 Å². The molecule has 11 heteroatoms. The number of nitrogens with one attached hydrogen (secondary N) is 1. The normalized spacial score (nSPS) is 31.9. The van der Waals surface area contributed by atoms with Gasteiger partial charge in [0.1, 0.15) is 23.9 Å². The Morgan fingerprint density at radius 2 is 2.19 bits per heavy atom. The second-order valence-electron chi connectivity index (χ2n) is 6.95. The van der Waals surface area contributed by atoms with Gasteiger partial charge < -0.3 is 21.1 Å². The number of hydrogen-bond acceptors (Lipinski definition) is 6. The molecule has 1 saturated heterocycles. The highest BCUT2D eigenvalue weighted by molar-refractivity contribution is 7.16. The molecule has 1 aliphatic heterocycles. The number of rotatable bonds is 5. The Morgan fingerprint density at radius 3 is 2.77 bits per heavy atom. The number of carboxylic acid groups (broad SMARTS) is 1. The first-order valence-corrected chi connectivity index (χ1v) is 9.43. The van der Waals surface area contributed by atoms with Gasteiger partial charge in [-0.1, -0.05) is 9.24 Å². The second-order valence-corrected chi connectivity index (χ2v) is 7.29. The maximum absolute atomic E-state index is 15.3. The summed E-state index contributed by atoms with van der Waals surface area (Å²) in [6.45, 7) is 0.279. The predicted molar refractivity (Wildman–Crippen MR) is 96.7 cm³/mol. The first kappa shape index (κ1) is 20.6. The minimum Gasteiger partial charge on any atom is -0.480 e. The summed E-state index contributed by atoms with van der Waals surface area (Å²) in [6, 6.07) is -0.991. The summed E-state index contributed by atoms with van der Waals surface area (Å²) >= 11 is 0. The van der Waals surface area contributed by atoms with E-state index in [2.05, 4.69) is 19.8 Å². The number of hydrogen-bond donors (Lipinski definition) is 4. The maximum Gasteiger partial charge on any atom is 0.410 e. The highest BCUT2D eigenvalue weighted by atomic mass is 31.0. The number of aliphatic carboxylic acids is 1. The zero-order valence-corrected chi connectivity index (χ0v) is 15.7. The third-order valence-corrected chi connectivity index (χ3v) is 5.62. The van der Waals surface area contributed by atoms with Crippen LogP contribution in [-0.2, 0) is 9.53 Å². The lowest BCUT2D eigenvalue weighted by Crippen LogP contribution is -2.56. The third-order valence-electron chi connectivity index (χ3n) is 5.45. The SMILES string of the molecule is N/N=C(/CCC1(F)CCC2CN(C(=O)OCP)C(C(=O)O)CC2C1)NN. The fourth-order valence-electron chi connectivity index (χ4n) is 4.06. The number of amidine groups is 1. The topological polar surface area (TPSA) is 143 Å². The van der Waals surface area contributed by atoms with Crippen molar-refractivity contribution < 1.29 is 23.8 Å². The molecule has 0 aromatic carbocycles. The Hall–Kier alpha value is -1.67. The minimum absolute atomic E-state index is 0.0711. The lowest BCUT2D eigenvalue weighted by molar-refractivity contribution is -0.147. The lowest BCUT2D eigenvalue weighted by Gasteiger charge is -2.47. The summed E-state index contributed by atoms with van der Waals surface area (Å²) in [5, 5.41) is 12.9. The molecule has 0 bridgehead atoms. The van der Waals surface area contributed by atoms with Crippen molar-refractivity contribution in [1.82, 2.24) is 10.3 Å². The van der Waals surface area contributed by atoms with Gasteiger partial charge >= 0.3 is 12.1 Å². The van der Waals surface area contributed by atoms with Crippen LogP contribution in [0.2, 0.25) is 0 Å². The molecule has 0 aromatic rings. The van der Waals surface area contributed by atoms with Gasteiger partial charge in [0.25, 0.3) is 0 Å². The fraction of sp³-hybridized carbons (Fsp3) is 0.800. The van der Waals surface area contributed by atoms with Crippen LogP contribution in [-0.4, -0.2) is 52.5 Å². The number of likely N-dealkylation sites (tertiary alicyclic amines) is 1. The molecule has 1 amide bonds. The molecule has 0 aromatic heterocycles. The monoisotopic (exact) mass is 391 g/mol. The summed E-state index contributed by atoms with van der Waals surface area (Å²) in [6.07, 6.45) is 1.39. The zero-order valence-electron chi connectivity index (χ0n) is 14.6. The number of piperidine rings is 1. The van der Waals surface area contributed by atoms with E-state index in [4.69, 9.17) is 16.4 Å². The summed E-state index contributed by atoms with van der Waals surface area (Å²) < 4.78 is 20.2. The highest BCUT2D eigenvalue weighted by Crippen LogP contribution is 2.46. The van der Waals surface area contributed by atoms with E-state index in [0.717, 1.165) is 0 Å². The molecular weight excluding hydrogens is 364 g/mol. The number of carbonyl (C=O) groups excluding carboxylic acids is 1. The van der Waals surface area contributed by atoms with Gasteiger partial charge in [-0.15, -0.1) is 0 Å². The van der Waals surface area contributed by atoms with E-state index >= 15 is 4.39 Å². The van der Waals surface area contributed by atoms with Crippen LogP contribution >= 0.6 is 9.24 Å². The van der Waals surface area contributed by atoms with Gasteiger partial charge in [0.05, 0.1) is 0 Å². The van der Waals surface area contributed by atoms with E-state index in [9.17, 15) is 14.7 Å². The molecule has 6 N–H and O–H groups in total. The van der Waals surface area contributed by atoms with Crippen molar-refractivity contribution >= 4 is 27.1 Å². The fourth-order valence-corrected chi connectivity index (χ4v) is 4.20. The molecule has 0 radical (unpaired) electrons. The van der Waals surface area contributed by atoms with Crippen molar-refractivity contribution in [3.05, 3.63) is 0 Å². The lowest BCUT2D eigenvalue weighted by atomic mass is 9.67. The molecule has 0 spiro atoms. The molecule has 5 unspecified atom stereocenters. The van der Waals surface area contributed by atoms with Crippen LogP contribution in [0, 0.1) is 11.8 Å². The van der Waals surface area contributed by atoms with Gasteiger partial charge in [0, 0.05) is 13.0 Å².